The fourth-order valence-electron chi connectivity index (χ4n) is 4.44. The maximum atomic E-state index is 12.6. The lowest BCUT2D eigenvalue weighted by Crippen LogP contribution is -2.42. The summed E-state index contributed by atoms with van der Waals surface area (Å²) in [6, 6.07) is 16.4. The van der Waals surface area contributed by atoms with Crippen molar-refractivity contribution in [2.45, 2.75) is 38.5 Å². The molecule has 6 heteroatoms. The Labute approximate surface area is 184 Å². The summed E-state index contributed by atoms with van der Waals surface area (Å²) in [5, 5.41) is 16.9. The van der Waals surface area contributed by atoms with Gasteiger partial charge in [-0.3, -0.25) is 9.69 Å². The van der Waals surface area contributed by atoms with Crippen molar-refractivity contribution in [3.63, 3.8) is 0 Å². The molecule has 2 heterocycles. The van der Waals surface area contributed by atoms with Crippen molar-refractivity contribution < 1.29 is 14.6 Å². The second kappa shape index (κ2) is 10.3. The van der Waals surface area contributed by atoms with Gasteiger partial charge in [0.1, 0.15) is 0 Å². The molecule has 1 amide bonds. The normalized spacial score (nSPS) is 22.4. The number of β-amino-alcohol motifs (C(OH)–C–C–N with tert-alkyl or cyclic N) is 1. The first kappa shape index (κ1) is 21.8. The van der Waals surface area contributed by atoms with Crippen molar-refractivity contribution in [3.8, 4) is 0 Å². The number of ether oxygens (including phenoxy) is 1. The summed E-state index contributed by atoms with van der Waals surface area (Å²) in [5.74, 6) is 0.273. The molecule has 0 aliphatic carbocycles. The SMILES string of the molecule is C[C@@H]1COCCC1Nc1cccc(C(=O)NC[C@H](O)CN2CCc3ccccc3C2)c1. The predicted molar refractivity (Wildman–Crippen MR) is 122 cm³/mol. The minimum Gasteiger partial charge on any atom is -0.390 e. The number of carbonyl (C=O) groups excluding carboxylic acids is 1. The summed E-state index contributed by atoms with van der Waals surface area (Å²) in [6.07, 6.45) is 1.37. The van der Waals surface area contributed by atoms with Gasteiger partial charge in [0.25, 0.3) is 5.91 Å². The van der Waals surface area contributed by atoms with Crippen LogP contribution in [0.1, 0.15) is 34.8 Å². The van der Waals surface area contributed by atoms with E-state index in [4.69, 9.17) is 4.74 Å². The van der Waals surface area contributed by atoms with Gasteiger partial charge in [-0.25, -0.2) is 0 Å². The minimum absolute atomic E-state index is 0.160. The molecule has 3 atom stereocenters. The van der Waals surface area contributed by atoms with E-state index in [9.17, 15) is 9.90 Å². The van der Waals surface area contributed by atoms with E-state index in [1.165, 1.54) is 11.1 Å². The third-order valence-electron chi connectivity index (χ3n) is 6.29. The number of nitrogens with zero attached hydrogens (tertiary/aromatic N) is 1. The Morgan fingerprint density at radius 2 is 2.06 bits per heavy atom. The zero-order valence-electron chi connectivity index (χ0n) is 18.2. The number of benzene rings is 2. The summed E-state index contributed by atoms with van der Waals surface area (Å²) in [6.45, 7) is 6.28. The summed E-state index contributed by atoms with van der Waals surface area (Å²) < 4.78 is 5.51. The second-order valence-corrected chi connectivity index (χ2v) is 8.79. The van der Waals surface area contributed by atoms with E-state index in [0.29, 0.717) is 24.1 Å². The molecule has 6 nitrogen and oxygen atoms in total. The Hall–Kier alpha value is -2.41. The molecule has 3 N–H and O–H groups in total. The number of anilines is 1. The highest BCUT2D eigenvalue weighted by Gasteiger charge is 2.22. The van der Waals surface area contributed by atoms with Gasteiger partial charge < -0.3 is 20.5 Å². The second-order valence-electron chi connectivity index (χ2n) is 8.79. The molecule has 0 radical (unpaired) electrons. The van der Waals surface area contributed by atoms with Gasteiger partial charge in [-0.15, -0.1) is 0 Å². The molecule has 2 aromatic rings. The number of hydrogen-bond donors (Lipinski definition) is 3. The molecule has 0 spiro atoms. The summed E-state index contributed by atoms with van der Waals surface area (Å²) in [4.78, 5) is 14.9. The lowest BCUT2D eigenvalue weighted by Gasteiger charge is -2.30. The van der Waals surface area contributed by atoms with Crippen LogP contribution in [0.5, 0.6) is 0 Å². The van der Waals surface area contributed by atoms with Gasteiger partial charge in [-0.1, -0.05) is 37.3 Å². The van der Waals surface area contributed by atoms with E-state index in [2.05, 4.69) is 46.7 Å². The van der Waals surface area contributed by atoms with E-state index in [0.717, 1.165) is 44.8 Å². The van der Waals surface area contributed by atoms with Crippen LogP contribution in [0.2, 0.25) is 0 Å². The molecule has 1 fully saturated rings. The molecule has 0 aromatic heterocycles. The smallest absolute Gasteiger partial charge is 0.251 e. The van der Waals surface area contributed by atoms with Gasteiger partial charge in [0.15, 0.2) is 0 Å². The van der Waals surface area contributed by atoms with Crippen LogP contribution in [-0.4, -0.2) is 60.9 Å². The minimum atomic E-state index is -0.599. The van der Waals surface area contributed by atoms with Crippen LogP contribution in [0.3, 0.4) is 0 Å². The predicted octanol–water partition coefficient (Wildman–Crippen LogP) is 2.67. The first-order valence-corrected chi connectivity index (χ1v) is 11.3. The van der Waals surface area contributed by atoms with Gasteiger partial charge in [0, 0.05) is 50.1 Å². The zero-order chi connectivity index (χ0) is 21.6. The monoisotopic (exact) mass is 423 g/mol. The van der Waals surface area contributed by atoms with Crippen LogP contribution in [-0.2, 0) is 17.7 Å². The highest BCUT2D eigenvalue weighted by Crippen LogP contribution is 2.21. The number of carbonyl (C=O) groups is 1. The van der Waals surface area contributed by atoms with E-state index in [-0.39, 0.29) is 12.5 Å². The molecule has 2 aliphatic rings. The third-order valence-corrected chi connectivity index (χ3v) is 6.29. The van der Waals surface area contributed by atoms with Crippen molar-refractivity contribution >= 4 is 11.6 Å². The number of aliphatic hydroxyl groups excluding tert-OH is 1. The molecule has 2 aliphatic heterocycles. The molecule has 0 saturated carbocycles. The summed E-state index contributed by atoms with van der Waals surface area (Å²) >= 11 is 0. The highest BCUT2D eigenvalue weighted by molar-refractivity contribution is 5.95. The Morgan fingerprint density at radius 3 is 2.90 bits per heavy atom. The molecule has 166 valence electrons. The number of nitrogens with one attached hydrogen (secondary N) is 2. The van der Waals surface area contributed by atoms with Crippen LogP contribution >= 0.6 is 0 Å². The first-order chi connectivity index (χ1) is 15.1. The average Bonchev–Trinajstić information content (AvgIpc) is 2.79. The number of rotatable bonds is 7. The maximum absolute atomic E-state index is 12.6. The van der Waals surface area contributed by atoms with Gasteiger partial charge in [0.05, 0.1) is 12.7 Å². The molecule has 1 unspecified atom stereocenters. The van der Waals surface area contributed by atoms with Crippen LogP contribution in [0.4, 0.5) is 5.69 Å². The highest BCUT2D eigenvalue weighted by atomic mass is 16.5. The number of hydrogen-bond acceptors (Lipinski definition) is 5. The fourth-order valence-corrected chi connectivity index (χ4v) is 4.44. The molecular weight excluding hydrogens is 390 g/mol. The van der Waals surface area contributed by atoms with Crippen LogP contribution < -0.4 is 10.6 Å². The van der Waals surface area contributed by atoms with Crippen molar-refractivity contribution in [2.24, 2.45) is 5.92 Å². The topological polar surface area (TPSA) is 73.8 Å². The van der Waals surface area contributed by atoms with Gasteiger partial charge in [0.2, 0.25) is 0 Å². The lowest BCUT2D eigenvalue weighted by atomic mass is 9.97. The third kappa shape index (κ3) is 5.85. The zero-order valence-corrected chi connectivity index (χ0v) is 18.2. The average molecular weight is 424 g/mol. The van der Waals surface area contributed by atoms with E-state index in [1.54, 1.807) is 0 Å². The van der Waals surface area contributed by atoms with E-state index < -0.39 is 6.10 Å². The largest absolute Gasteiger partial charge is 0.390 e. The lowest BCUT2D eigenvalue weighted by molar-refractivity contribution is 0.0537. The molecule has 31 heavy (non-hydrogen) atoms. The van der Waals surface area contributed by atoms with Crippen LogP contribution in [0.15, 0.2) is 48.5 Å². The quantitative estimate of drug-likeness (QED) is 0.639. The molecule has 1 saturated heterocycles. The number of fused-ring (bicyclic) bond motifs is 1. The fraction of sp³-hybridized carbons (Fsp3) is 0.480. The van der Waals surface area contributed by atoms with Gasteiger partial charge in [-0.2, -0.15) is 0 Å². The Balaban J connectivity index is 1.26. The van der Waals surface area contributed by atoms with Crippen molar-refractivity contribution in [3.05, 3.63) is 65.2 Å². The van der Waals surface area contributed by atoms with Crippen molar-refractivity contribution in [2.75, 3.05) is 38.2 Å². The molecule has 0 bridgehead atoms. The summed E-state index contributed by atoms with van der Waals surface area (Å²) in [7, 11) is 0. The van der Waals surface area contributed by atoms with Crippen LogP contribution in [0.25, 0.3) is 0 Å². The Bertz CT molecular complexity index is 888. The first-order valence-electron chi connectivity index (χ1n) is 11.3. The maximum Gasteiger partial charge on any atom is 0.251 e. The van der Waals surface area contributed by atoms with Crippen molar-refractivity contribution in [1.29, 1.82) is 0 Å². The summed E-state index contributed by atoms with van der Waals surface area (Å²) in [5.41, 5.74) is 4.26. The van der Waals surface area contributed by atoms with Gasteiger partial charge in [-0.05, 0) is 48.1 Å². The Morgan fingerprint density at radius 1 is 1.23 bits per heavy atom. The van der Waals surface area contributed by atoms with Crippen LogP contribution in [0, 0.1) is 5.92 Å². The van der Waals surface area contributed by atoms with Crippen molar-refractivity contribution in [1.82, 2.24) is 10.2 Å². The number of aliphatic hydroxyl groups is 1. The standard InChI is InChI=1S/C25H33N3O3/c1-18-17-31-12-10-24(18)27-22-8-4-7-20(13-22)25(30)26-14-23(29)16-28-11-9-19-5-2-3-6-21(19)15-28/h2-8,13,18,23-24,27,29H,9-12,14-17H2,1H3,(H,26,30)/t18-,23+,24?/m1/s1. The molecular formula is C25H33N3O3. The van der Waals surface area contributed by atoms with E-state index >= 15 is 0 Å². The molecule has 2 aromatic carbocycles. The Kier molecular flexibility index (Phi) is 7.22. The van der Waals surface area contributed by atoms with E-state index in [1.807, 2.05) is 24.3 Å². The number of amides is 1. The van der Waals surface area contributed by atoms with Gasteiger partial charge >= 0.3 is 0 Å². The molecule has 4 rings (SSSR count).